The standard InChI is InChI=1S/C7H6.BH2O2/c1-2-4-7-5-6(7)3-1;2-1-3/h1-4H,5H2;2-3H. The maximum absolute atomic E-state index is 7.00. The Morgan fingerprint density at radius 1 is 1.10 bits per heavy atom. The summed E-state index contributed by atoms with van der Waals surface area (Å²) < 4.78 is 0. The van der Waals surface area contributed by atoms with E-state index in [2.05, 4.69) is 24.3 Å². The van der Waals surface area contributed by atoms with Crippen molar-refractivity contribution in [2.45, 2.75) is 6.42 Å². The molecule has 1 aromatic carbocycles. The minimum Gasteiger partial charge on any atom is -0.429 e. The second-order valence-electron chi connectivity index (χ2n) is 2.06. The molecule has 2 N–H and O–H groups in total. The lowest BCUT2D eigenvalue weighted by Gasteiger charge is -1.69. The van der Waals surface area contributed by atoms with Crippen molar-refractivity contribution in [2.24, 2.45) is 0 Å². The van der Waals surface area contributed by atoms with E-state index >= 15 is 0 Å². The molecule has 0 fully saturated rings. The summed E-state index contributed by atoms with van der Waals surface area (Å²) >= 11 is 0. The van der Waals surface area contributed by atoms with Gasteiger partial charge in [0.2, 0.25) is 0 Å². The van der Waals surface area contributed by atoms with Crippen LogP contribution in [0.2, 0.25) is 0 Å². The lowest BCUT2D eigenvalue weighted by molar-refractivity contribution is 0.448. The summed E-state index contributed by atoms with van der Waals surface area (Å²) in [5.74, 6) is 0. The van der Waals surface area contributed by atoms with Gasteiger partial charge in [-0.25, -0.2) is 0 Å². The Hall–Kier alpha value is -0.795. The molecule has 1 aliphatic rings. The van der Waals surface area contributed by atoms with Crippen molar-refractivity contribution in [3.63, 3.8) is 0 Å². The second-order valence-corrected chi connectivity index (χ2v) is 2.06. The van der Waals surface area contributed by atoms with Crippen LogP contribution in [0.4, 0.5) is 0 Å². The van der Waals surface area contributed by atoms with Crippen molar-refractivity contribution in [1.29, 1.82) is 0 Å². The van der Waals surface area contributed by atoms with Crippen molar-refractivity contribution < 1.29 is 10.0 Å². The Balaban J connectivity index is 0.000000148. The molecule has 0 aliphatic heterocycles. The topological polar surface area (TPSA) is 40.5 Å². The highest BCUT2D eigenvalue weighted by molar-refractivity contribution is 6.13. The van der Waals surface area contributed by atoms with Gasteiger partial charge in [0.25, 0.3) is 0 Å². The SMILES string of the molecule is O[B]O.c1ccc2c(c1)C2. The van der Waals surface area contributed by atoms with Gasteiger partial charge < -0.3 is 10.0 Å². The van der Waals surface area contributed by atoms with E-state index in [0.29, 0.717) is 0 Å². The van der Waals surface area contributed by atoms with Gasteiger partial charge in [0.05, 0.1) is 0 Å². The average molecular weight is 135 g/mol. The van der Waals surface area contributed by atoms with E-state index in [4.69, 9.17) is 10.0 Å². The van der Waals surface area contributed by atoms with Crippen LogP contribution < -0.4 is 0 Å². The smallest absolute Gasteiger partial charge is 0.429 e. The van der Waals surface area contributed by atoms with Crippen LogP contribution in [-0.2, 0) is 6.42 Å². The molecule has 0 unspecified atom stereocenters. The van der Waals surface area contributed by atoms with E-state index in [1.807, 2.05) is 0 Å². The molecule has 0 heterocycles. The quantitative estimate of drug-likeness (QED) is 0.502. The molecule has 1 aromatic rings. The molecular weight excluding hydrogens is 127 g/mol. The Labute approximate surface area is 60.4 Å². The Morgan fingerprint density at radius 3 is 1.80 bits per heavy atom. The molecule has 10 heavy (non-hydrogen) atoms. The average Bonchev–Trinajstić information content (AvgIpc) is 2.66. The van der Waals surface area contributed by atoms with Crippen molar-refractivity contribution in [3.05, 3.63) is 35.4 Å². The second kappa shape index (κ2) is 3.39. The minimum atomic E-state index is 0. The zero-order valence-corrected chi connectivity index (χ0v) is 5.49. The number of benzene rings is 1. The van der Waals surface area contributed by atoms with Gasteiger partial charge in [-0.05, 0) is 17.5 Å². The van der Waals surface area contributed by atoms with Crippen molar-refractivity contribution >= 4 is 7.69 Å². The molecule has 2 rings (SSSR count). The zero-order valence-electron chi connectivity index (χ0n) is 5.49. The van der Waals surface area contributed by atoms with Gasteiger partial charge in [-0.15, -0.1) is 0 Å². The highest BCUT2D eigenvalue weighted by Gasteiger charge is 2.12. The summed E-state index contributed by atoms with van der Waals surface area (Å²) in [5.41, 5.74) is 3.06. The summed E-state index contributed by atoms with van der Waals surface area (Å²) in [6, 6.07) is 8.53. The maximum atomic E-state index is 7.00. The predicted octanol–water partition coefficient (Wildman–Crippen LogP) is 0.0960. The van der Waals surface area contributed by atoms with Gasteiger partial charge in [-0.2, -0.15) is 0 Å². The van der Waals surface area contributed by atoms with E-state index in [-0.39, 0.29) is 7.69 Å². The third-order valence-corrected chi connectivity index (χ3v) is 1.37. The molecule has 1 aliphatic carbocycles. The Kier molecular flexibility index (Phi) is 2.48. The van der Waals surface area contributed by atoms with Crippen LogP contribution in [0.15, 0.2) is 24.3 Å². The number of hydrogen-bond acceptors (Lipinski definition) is 2. The molecular formula is C7H8BO2. The van der Waals surface area contributed by atoms with Crippen LogP contribution in [0.3, 0.4) is 0 Å². The van der Waals surface area contributed by atoms with Crippen LogP contribution in [-0.4, -0.2) is 17.7 Å². The van der Waals surface area contributed by atoms with Gasteiger partial charge in [0, 0.05) is 0 Å². The highest BCUT2D eigenvalue weighted by Crippen LogP contribution is 2.25. The van der Waals surface area contributed by atoms with E-state index < -0.39 is 0 Å². The monoisotopic (exact) mass is 135 g/mol. The van der Waals surface area contributed by atoms with Crippen LogP contribution in [0.25, 0.3) is 0 Å². The molecule has 0 saturated carbocycles. The number of hydrogen-bond donors (Lipinski definition) is 2. The molecule has 0 aromatic heterocycles. The van der Waals surface area contributed by atoms with Crippen LogP contribution in [0, 0.1) is 0 Å². The summed E-state index contributed by atoms with van der Waals surface area (Å²) in [6.07, 6.45) is 1.24. The summed E-state index contributed by atoms with van der Waals surface area (Å²) in [7, 11) is 0. The lowest BCUT2D eigenvalue weighted by atomic mass is 10.4. The molecule has 51 valence electrons. The van der Waals surface area contributed by atoms with E-state index in [1.54, 1.807) is 0 Å². The molecule has 0 atom stereocenters. The van der Waals surface area contributed by atoms with E-state index in [9.17, 15) is 0 Å². The molecule has 0 saturated heterocycles. The van der Waals surface area contributed by atoms with E-state index in [0.717, 1.165) is 0 Å². The van der Waals surface area contributed by atoms with Gasteiger partial charge in [0.1, 0.15) is 0 Å². The lowest BCUT2D eigenvalue weighted by Crippen LogP contribution is -1.75. The number of rotatable bonds is 0. The predicted molar refractivity (Wildman–Crippen MR) is 39.4 cm³/mol. The van der Waals surface area contributed by atoms with Crippen LogP contribution >= 0.6 is 0 Å². The first-order chi connectivity index (χ1) is 4.88. The Morgan fingerprint density at radius 2 is 1.50 bits per heavy atom. The molecule has 3 heteroatoms. The maximum Gasteiger partial charge on any atom is 0.482 e. The van der Waals surface area contributed by atoms with Crippen molar-refractivity contribution in [2.75, 3.05) is 0 Å². The normalized spacial score (nSPS) is 10.6. The fourth-order valence-electron chi connectivity index (χ4n) is 0.836. The van der Waals surface area contributed by atoms with Crippen molar-refractivity contribution in [1.82, 2.24) is 0 Å². The largest absolute Gasteiger partial charge is 0.482 e. The van der Waals surface area contributed by atoms with Crippen molar-refractivity contribution in [3.8, 4) is 0 Å². The molecule has 1 radical (unpaired) electrons. The first-order valence-electron chi connectivity index (χ1n) is 3.05. The fourth-order valence-corrected chi connectivity index (χ4v) is 0.836. The van der Waals surface area contributed by atoms with Crippen LogP contribution in [0.1, 0.15) is 11.1 Å². The summed E-state index contributed by atoms with van der Waals surface area (Å²) in [6.45, 7) is 0. The van der Waals surface area contributed by atoms with Gasteiger partial charge >= 0.3 is 7.69 Å². The van der Waals surface area contributed by atoms with Gasteiger partial charge in [0.15, 0.2) is 0 Å². The third kappa shape index (κ3) is 1.86. The fraction of sp³-hybridized carbons (Fsp3) is 0.143. The first-order valence-corrected chi connectivity index (χ1v) is 3.05. The van der Waals surface area contributed by atoms with Gasteiger partial charge in [-0.3, -0.25) is 0 Å². The molecule has 0 spiro atoms. The summed E-state index contributed by atoms with van der Waals surface area (Å²) in [4.78, 5) is 0. The summed E-state index contributed by atoms with van der Waals surface area (Å²) in [5, 5.41) is 14.0. The highest BCUT2D eigenvalue weighted by atomic mass is 16.4. The van der Waals surface area contributed by atoms with Gasteiger partial charge in [-0.1, -0.05) is 24.3 Å². The molecule has 0 bridgehead atoms. The third-order valence-electron chi connectivity index (χ3n) is 1.37. The van der Waals surface area contributed by atoms with E-state index in [1.165, 1.54) is 17.5 Å². The first kappa shape index (κ1) is 7.31. The number of fused-ring (bicyclic) bond motifs is 1. The zero-order chi connectivity index (χ0) is 7.40. The van der Waals surface area contributed by atoms with Crippen LogP contribution in [0.5, 0.6) is 0 Å². The molecule has 0 amide bonds. The Bertz CT molecular complexity index is 192. The minimum absolute atomic E-state index is 0. The molecule has 2 nitrogen and oxygen atoms in total.